The molecule has 2 saturated heterocycles. The van der Waals surface area contributed by atoms with Crippen LogP contribution in [0.5, 0.6) is 0 Å². The van der Waals surface area contributed by atoms with Gasteiger partial charge < -0.3 is 15.4 Å². The summed E-state index contributed by atoms with van der Waals surface area (Å²) < 4.78 is 5.52. The number of anilines is 1. The van der Waals surface area contributed by atoms with Crippen molar-refractivity contribution >= 4 is 11.6 Å². The molecule has 2 aromatic rings. The van der Waals surface area contributed by atoms with Crippen LogP contribution in [0.3, 0.4) is 0 Å². The van der Waals surface area contributed by atoms with Crippen LogP contribution in [0.4, 0.5) is 5.69 Å². The molecule has 0 aliphatic carbocycles. The molecule has 0 bridgehead atoms. The van der Waals surface area contributed by atoms with Crippen molar-refractivity contribution in [3.05, 3.63) is 65.7 Å². The summed E-state index contributed by atoms with van der Waals surface area (Å²) in [6.07, 6.45) is 3.42. The van der Waals surface area contributed by atoms with Gasteiger partial charge in [-0.25, -0.2) is 0 Å². The van der Waals surface area contributed by atoms with Crippen LogP contribution in [0.15, 0.2) is 54.6 Å². The van der Waals surface area contributed by atoms with Gasteiger partial charge in [0.2, 0.25) is 0 Å². The lowest BCUT2D eigenvalue weighted by atomic mass is 10.0. The van der Waals surface area contributed by atoms with Crippen molar-refractivity contribution in [3.8, 4) is 0 Å². The molecule has 2 heterocycles. The molecule has 5 nitrogen and oxygen atoms in total. The van der Waals surface area contributed by atoms with Gasteiger partial charge in [-0.3, -0.25) is 9.69 Å². The molecule has 4 rings (SSSR count). The fourth-order valence-corrected chi connectivity index (χ4v) is 4.09. The first kappa shape index (κ1) is 19.0. The third kappa shape index (κ3) is 4.91. The second-order valence-electron chi connectivity index (χ2n) is 7.72. The maximum absolute atomic E-state index is 12.5. The van der Waals surface area contributed by atoms with E-state index >= 15 is 0 Å². The first-order valence-electron chi connectivity index (χ1n) is 10.3. The fourth-order valence-electron chi connectivity index (χ4n) is 4.09. The van der Waals surface area contributed by atoms with E-state index in [0.717, 1.165) is 56.8 Å². The first-order valence-corrected chi connectivity index (χ1v) is 10.3. The Kier molecular flexibility index (Phi) is 6.24. The highest BCUT2D eigenvalue weighted by atomic mass is 16.5. The number of carbonyl (C=O) groups excluding carboxylic acids is 1. The number of ether oxygens (including phenoxy) is 1. The predicted octanol–water partition coefficient (Wildman–Crippen LogP) is 3.28. The molecule has 28 heavy (non-hydrogen) atoms. The van der Waals surface area contributed by atoms with Gasteiger partial charge in [0.25, 0.3) is 5.91 Å². The van der Waals surface area contributed by atoms with E-state index in [9.17, 15) is 4.79 Å². The highest BCUT2D eigenvalue weighted by Gasteiger charge is 2.27. The van der Waals surface area contributed by atoms with Gasteiger partial charge in [0.05, 0.1) is 6.61 Å². The quantitative estimate of drug-likeness (QED) is 0.809. The van der Waals surface area contributed by atoms with E-state index in [0.29, 0.717) is 24.2 Å². The number of carbonyl (C=O) groups is 1. The SMILES string of the molecule is O=C(NCc1ccccc1)c1cccc(NC2CCN(C3CCOC3)CC2)c1. The molecule has 1 amide bonds. The molecule has 5 heteroatoms. The zero-order valence-electron chi connectivity index (χ0n) is 16.3. The molecule has 0 radical (unpaired) electrons. The second kappa shape index (κ2) is 9.22. The lowest BCUT2D eigenvalue weighted by Crippen LogP contribution is -2.44. The molecule has 1 unspecified atom stereocenters. The Morgan fingerprint density at radius 2 is 1.86 bits per heavy atom. The van der Waals surface area contributed by atoms with Crippen molar-refractivity contribution in [2.45, 2.75) is 37.9 Å². The average molecular weight is 380 g/mol. The number of nitrogens with zero attached hydrogens (tertiary/aromatic N) is 1. The van der Waals surface area contributed by atoms with Crippen molar-refractivity contribution in [2.24, 2.45) is 0 Å². The Morgan fingerprint density at radius 3 is 2.61 bits per heavy atom. The minimum Gasteiger partial charge on any atom is -0.382 e. The lowest BCUT2D eigenvalue weighted by Gasteiger charge is -2.36. The standard InChI is InChI=1S/C23H29N3O2/c27-23(24-16-18-5-2-1-3-6-18)19-7-4-8-21(15-19)25-20-9-12-26(13-10-20)22-11-14-28-17-22/h1-8,15,20,22,25H,9-14,16-17H2,(H,24,27). The molecule has 0 aromatic heterocycles. The van der Waals surface area contributed by atoms with Gasteiger partial charge in [0.15, 0.2) is 0 Å². The van der Waals surface area contributed by atoms with Crippen LogP contribution >= 0.6 is 0 Å². The van der Waals surface area contributed by atoms with E-state index < -0.39 is 0 Å². The van der Waals surface area contributed by atoms with Crippen LogP contribution in [0.2, 0.25) is 0 Å². The number of likely N-dealkylation sites (tertiary alicyclic amines) is 1. The van der Waals surface area contributed by atoms with E-state index in [-0.39, 0.29) is 5.91 Å². The van der Waals surface area contributed by atoms with Crippen LogP contribution < -0.4 is 10.6 Å². The summed E-state index contributed by atoms with van der Waals surface area (Å²) in [7, 11) is 0. The highest BCUT2D eigenvalue weighted by molar-refractivity contribution is 5.95. The Labute approximate surface area is 167 Å². The second-order valence-corrected chi connectivity index (χ2v) is 7.72. The number of rotatable bonds is 6. The summed E-state index contributed by atoms with van der Waals surface area (Å²) in [5.41, 5.74) is 2.82. The van der Waals surface area contributed by atoms with Gasteiger partial charge in [0, 0.05) is 49.6 Å². The van der Waals surface area contributed by atoms with Crippen molar-refractivity contribution < 1.29 is 9.53 Å². The molecule has 148 valence electrons. The van der Waals surface area contributed by atoms with E-state index in [1.54, 1.807) is 0 Å². The van der Waals surface area contributed by atoms with Crippen molar-refractivity contribution in [3.63, 3.8) is 0 Å². The van der Waals surface area contributed by atoms with E-state index in [1.807, 2.05) is 54.6 Å². The zero-order chi connectivity index (χ0) is 19.2. The molecule has 1 atom stereocenters. The normalized spacial score (nSPS) is 20.8. The zero-order valence-corrected chi connectivity index (χ0v) is 16.3. The van der Waals surface area contributed by atoms with E-state index in [2.05, 4.69) is 15.5 Å². The minimum atomic E-state index is -0.0384. The monoisotopic (exact) mass is 379 g/mol. The van der Waals surface area contributed by atoms with E-state index in [1.165, 1.54) is 0 Å². The Bertz CT molecular complexity index is 766. The summed E-state index contributed by atoms with van der Waals surface area (Å²) >= 11 is 0. The summed E-state index contributed by atoms with van der Waals surface area (Å²) in [5, 5.41) is 6.62. The first-order chi connectivity index (χ1) is 13.8. The molecule has 2 aliphatic rings. The summed E-state index contributed by atoms with van der Waals surface area (Å²) in [5.74, 6) is -0.0384. The molecular weight excluding hydrogens is 350 g/mol. The van der Waals surface area contributed by atoms with Gasteiger partial charge in [-0.1, -0.05) is 36.4 Å². The largest absolute Gasteiger partial charge is 0.382 e. The molecule has 0 saturated carbocycles. The maximum Gasteiger partial charge on any atom is 0.251 e. The van der Waals surface area contributed by atoms with Crippen LogP contribution in [0, 0.1) is 0 Å². The van der Waals surface area contributed by atoms with Gasteiger partial charge in [-0.2, -0.15) is 0 Å². The number of hydrogen-bond acceptors (Lipinski definition) is 4. The van der Waals surface area contributed by atoms with Crippen molar-refractivity contribution in [1.82, 2.24) is 10.2 Å². The Morgan fingerprint density at radius 1 is 1.04 bits per heavy atom. The summed E-state index contributed by atoms with van der Waals surface area (Å²) in [4.78, 5) is 15.1. The number of hydrogen-bond donors (Lipinski definition) is 2. The van der Waals surface area contributed by atoms with E-state index in [4.69, 9.17) is 4.74 Å². The van der Waals surface area contributed by atoms with Gasteiger partial charge in [-0.05, 0) is 43.0 Å². The number of nitrogens with one attached hydrogen (secondary N) is 2. The number of piperidine rings is 1. The molecule has 2 aromatic carbocycles. The molecular formula is C23H29N3O2. The smallest absolute Gasteiger partial charge is 0.251 e. The predicted molar refractivity (Wildman–Crippen MR) is 111 cm³/mol. The lowest BCUT2D eigenvalue weighted by molar-refractivity contribution is 0.0951. The average Bonchev–Trinajstić information content (AvgIpc) is 3.28. The fraction of sp³-hybridized carbons (Fsp3) is 0.435. The third-order valence-electron chi connectivity index (χ3n) is 5.74. The molecule has 2 fully saturated rings. The van der Waals surface area contributed by atoms with Crippen LogP contribution in [-0.4, -0.2) is 49.2 Å². The van der Waals surface area contributed by atoms with Crippen molar-refractivity contribution in [1.29, 1.82) is 0 Å². The summed E-state index contributed by atoms with van der Waals surface area (Å²) in [6.45, 7) is 4.56. The van der Waals surface area contributed by atoms with Gasteiger partial charge in [-0.15, -0.1) is 0 Å². The number of amides is 1. The molecule has 2 N–H and O–H groups in total. The Balaban J connectivity index is 1.28. The van der Waals surface area contributed by atoms with Gasteiger partial charge >= 0.3 is 0 Å². The van der Waals surface area contributed by atoms with Crippen molar-refractivity contribution in [2.75, 3.05) is 31.6 Å². The van der Waals surface area contributed by atoms with Crippen LogP contribution in [0.25, 0.3) is 0 Å². The van der Waals surface area contributed by atoms with Gasteiger partial charge in [0.1, 0.15) is 0 Å². The highest BCUT2D eigenvalue weighted by Crippen LogP contribution is 2.21. The molecule has 2 aliphatic heterocycles. The topological polar surface area (TPSA) is 53.6 Å². The summed E-state index contributed by atoms with van der Waals surface area (Å²) in [6, 6.07) is 18.9. The third-order valence-corrected chi connectivity index (χ3v) is 5.74. The Hall–Kier alpha value is -2.37. The van der Waals surface area contributed by atoms with Crippen LogP contribution in [-0.2, 0) is 11.3 Å². The maximum atomic E-state index is 12.5. The number of benzene rings is 2. The molecule has 0 spiro atoms. The van der Waals surface area contributed by atoms with Crippen LogP contribution in [0.1, 0.15) is 35.2 Å². The minimum absolute atomic E-state index is 0.0384.